The Labute approximate surface area is 199 Å². The normalized spacial score (nSPS) is 13.8. The maximum absolute atomic E-state index is 12.9. The van der Waals surface area contributed by atoms with Crippen LogP contribution in [0.2, 0.25) is 0 Å². The van der Waals surface area contributed by atoms with Crippen molar-refractivity contribution in [1.82, 2.24) is 19.7 Å². The minimum atomic E-state index is 0.0611. The topological polar surface area (TPSA) is 63.5 Å². The van der Waals surface area contributed by atoms with E-state index in [9.17, 15) is 4.79 Å². The third kappa shape index (κ3) is 5.75. The molecule has 0 spiro atoms. The van der Waals surface area contributed by atoms with Crippen LogP contribution in [0.15, 0.2) is 53.7 Å². The number of ether oxygens (including phenoxy) is 1. The number of thioether (sulfide) groups is 1. The van der Waals surface area contributed by atoms with Gasteiger partial charge in [-0.2, -0.15) is 0 Å². The number of carbonyl (C=O) groups is 1. The molecule has 2 aromatic carbocycles. The van der Waals surface area contributed by atoms with Gasteiger partial charge in [0.25, 0.3) is 0 Å². The molecule has 0 bridgehead atoms. The maximum Gasteiger partial charge on any atom is 0.233 e. The number of morpholine rings is 1. The van der Waals surface area contributed by atoms with Crippen molar-refractivity contribution >= 4 is 23.6 Å². The van der Waals surface area contributed by atoms with Crippen molar-refractivity contribution < 1.29 is 9.53 Å². The van der Waals surface area contributed by atoms with E-state index in [1.54, 1.807) is 4.90 Å². The summed E-state index contributed by atoms with van der Waals surface area (Å²) < 4.78 is 7.55. The number of amides is 1. The van der Waals surface area contributed by atoms with Gasteiger partial charge in [-0.15, -0.1) is 10.2 Å². The van der Waals surface area contributed by atoms with E-state index in [1.807, 2.05) is 11.6 Å². The van der Waals surface area contributed by atoms with E-state index in [4.69, 9.17) is 4.74 Å². The minimum Gasteiger partial charge on any atom is -0.378 e. The monoisotopic (exact) mass is 465 g/mol. The van der Waals surface area contributed by atoms with E-state index in [1.165, 1.54) is 22.9 Å². The number of nitrogens with zero attached hydrogens (tertiary/aromatic N) is 5. The molecule has 4 rings (SSSR count). The molecular weight excluding hydrogens is 434 g/mol. The van der Waals surface area contributed by atoms with Crippen LogP contribution in [0, 0.1) is 6.92 Å². The summed E-state index contributed by atoms with van der Waals surface area (Å²) in [6, 6.07) is 16.7. The molecule has 1 aromatic heterocycles. The van der Waals surface area contributed by atoms with Crippen molar-refractivity contribution in [2.75, 3.05) is 44.0 Å². The zero-order chi connectivity index (χ0) is 23.2. The Balaban J connectivity index is 1.48. The third-order valence-electron chi connectivity index (χ3n) is 5.80. The Hall–Kier alpha value is -2.84. The van der Waals surface area contributed by atoms with Crippen LogP contribution in [-0.4, -0.2) is 64.7 Å². The Morgan fingerprint density at radius 3 is 2.36 bits per heavy atom. The average molecular weight is 466 g/mol. The van der Waals surface area contributed by atoms with Crippen LogP contribution >= 0.6 is 11.8 Å². The molecule has 0 unspecified atom stereocenters. The quantitative estimate of drug-likeness (QED) is 0.473. The average Bonchev–Trinajstić information content (AvgIpc) is 3.28. The number of hydrogen-bond acceptors (Lipinski definition) is 6. The summed E-state index contributed by atoms with van der Waals surface area (Å²) in [5, 5.41) is 9.65. The van der Waals surface area contributed by atoms with Crippen LogP contribution in [0.3, 0.4) is 0 Å². The van der Waals surface area contributed by atoms with Gasteiger partial charge in [0, 0.05) is 26.7 Å². The smallest absolute Gasteiger partial charge is 0.233 e. The second-order valence-electron chi connectivity index (χ2n) is 8.26. The first kappa shape index (κ1) is 23.3. The maximum atomic E-state index is 12.9. The predicted molar refractivity (Wildman–Crippen MR) is 132 cm³/mol. The minimum absolute atomic E-state index is 0.0611. The van der Waals surface area contributed by atoms with Crippen molar-refractivity contribution in [3.8, 4) is 5.69 Å². The summed E-state index contributed by atoms with van der Waals surface area (Å²) in [5.41, 5.74) is 4.62. The summed E-state index contributed by atoms with van der Waals surface area (Å²) >= 11 is 1.42. The summed E-state index contributed by atoms with van der Waals surface area (Å²) in [6.45, 7) is 7.69. The van der Waals surface area contributed by atoms with Gasteiger partial charge >= 0.3 is 0 Å². The number of carbonyl (C=O) groups excluding carboxylic acids is 1. The highest BCUT2D eigenvalue weighted by Crippen LogP contribution is 2.27. The van der Waals surface area contributed by atoms with E-state index in [0.29, 0.717) is 25.5 Å². The van der Waals surface area contributed by atoms with Gasteiger partial charge in [-0.3, -0.25) is 9.36 Å². The second kappa shape index (κ2) is 10.9. The van der Waals surface area contributed by atoms with Gasteiger partial charge in [-0.1, -0.05) is 60.6 Å². The van der Waals surface area contributed by atoms with Gasteiger partial charge in [0.2, 0.25) is 11.9 Å². The van der Waals surface area contributed by atoms with Crippen LogP contribution in [0.5, 0.6) is 0 Å². The fourth-order valence-electron chi connectivity index (χ4n) is 3.72. The highest BCUT2D eigenvalue weighted by Gasteiger charge is 2.22. The van der Waals surface area contributed by atoms with E-state index < -0.39 is 0 Å². The second-order valence-corrected chi connectivity index (χ2v) is 9.20. The molecule has 0 radical (unpaired) electrons. The molecule has 7 nitrogen and oxygen atoms in total. The number of hydrogen-bond donors (Lipinski definition) is 0. The zero-order valence-corrected chi connectivity index (χ0v) is 20.3. The molecule has 1 amide bonds. The molecular formula is C25H31N5O2S. The van der Waals surface area contributed by atoms with Crippen molar-refractivity contribution in [2.45, 2.75) is 32.0 Å². The Morgan fingerprint density at radius 1 is 1.03 bits per heavy atom. The molecule has 2 heterocycles. The van der Waals surface area contributed by atoms with Crippen LogP contribution < -0.4 is 4.90 Å². The van der Waals surface area contributed by atoms with E-state index >= 15 is 0 Å². The Morgan fingerprint density at radius 2 is 1.70 bits per heavy atom. The zero-order valence-electron chi connectivity index (χ0n) is 19.5. The summed E-state index contributed by atoms with van der Waals surface area (Å²) in [6.07, 6.45) is 1.01. The Kier molecular flexibility index (Phi) is 7.67. The number of benzene rings is 2. The van der Waals surface area contributed by atoms with Gasteiger partial charge in [-0.05, 0) is 36.6 Å². The molecule has 1 aliphatic heterocycles. The van der Waals surface area contributed by atoms with Crippen LogP contribution in [-0.2, 0) is 22.5 Å². The third-order valence-corrected chi connectivity index (χ3v) is 6.72. The predicted octanol–water partition coefficient (Wildman–Crippen LogP) is 3.73. The van der Waals surface area contributed by atoms with Crippen molar-refractivity contribution in [3.05, 3.63) is 65.2 Å². The van der Waals surface area contributed by atoms with Crippen LogP contribution in [0.4, 0.5) is 5.95 Å². The largest absolute Gasteiger partial charge is 0.378 e. The fraction of sp³-hybridized carbons (Fsp3) is 0.400. The molecule has 0 N–H and O–H groups in total. The number of aromatic nitrogens is 3. The van der Waals surface area contributed by atoms with Gasteiger partial charge < -0.3 is 14.5 Å². The summed E-state index contributed by atoms with van der Waals surface area (Å²) in [7, 11) is 1.85. The summed E-state index contributed by atoms with van der Waals surface area (Å²) in [5.74, 6) is 1.16. The van der Waals surface area contributed by atoms with Crippen molar-refractivity contribution in [3.63, 3.8) is 0 Å². The first-order valence-electron chi connectivity index (χ1n) is 11.3. The highest BCUT2D eigenvalue weighted by molar-refractivity contribution is 7.99. The highest BCUT2D eigenvalue weighted by atomic mass is 32.2. The lowest BCUT2D eigenvalue weighted by Crippen LogP contribution is -2.37. The molecule has 8 heteroatoms. The molecule has 1 saturated heterocycles. The lowest BCUT2D eigenvalue weighted by Gasteiger charge is -2.28. The molecule has 33 heavy (non-hydrogen) atoms. The lowest BCUT2D eigenvalue weighted by atomic mass is 10.1. The van der Waals surface area contributed by atoms with E-state index in [-0.39, 0.29) is 5.91 Å². The van der Waals surface area contributed by atoms with Gasteiger partial charge in [0.05, 0.1) is 24.7 Å². The van der Waals surface area contributed by atoms with Gasteiger partial charge in [-0.25, -0.2) is 0 Å². The summed E-state index contributed by atoms with van der Waals surface area (Å²) in [4.78, 5) is 16.8. The number of rotatable bonds is 8. The SMILES string of the molecule is CCc1ccc(CN(C)C(=O)CSc2nnc(N3CCOCC3)n2-c2ccc(C)cc2)cc1. The van der Waals surface area contributed by atoms with Gasteiger partial charge in [0.1, 0.15) is 0 Å². The molecule has 174 valence electrons. The first-order valence-corrected chi connectivity index (χ1v) is 12.3. The van der Waals surface area contributed by atoms with Crippen LogP contribution in [0.25, 0.3) is 5.69 Å². The molecule has 1 aliphatic rings. The lowest BCUT2D eigenvalue weighted by molar-refractivity contribution is -0.127. The van der Waals surface area contributed by atoms with Crippen molar-refractivity contribution in [2.24, 2.45) is 0 Å². The molecule has 0 atom stereocenters. The van der Waals surface area contributed by atoms with E-state index in [2.05, 4.69) is 77.5 Å². The van der Waals surface area contributed by atoms with Crippen LogP contribution in [0.1, 0.15) is 23.6 Å². The molecule has 0 saturated carbocycles. The first-order chi connectivity index (χ1) is 16.0. The van der Waals surface area contributed by atoms with Crippen molar-refractivity contribution in [1.29, 1.82) is 0 Å². The standard InChI is InChI=1S/C25H31N5O2S/c1-4-20-7-9-21(10-8-20)17-28(3)23(31)18-33-25-27-26-24(29-13-15-32-16-14-29)30(25)22-11-5-19(2)6-12-22/h5-12H,4,13-18H2,1-3H3. The molecule has 1 fully saturated rings. The van der Waals surface area contributed by atoms with Gasteiger partial charge in [0.15, 0.2) is 5.16 Å². The fourth-order valence-corrected chi connectivity index (χ4v) is 4.61. The molecule has 0 aliphatic carbocycles. The van der Waals surface area contributed by atoms with E-state index in [0.717, 1.165) is 41.9 Å². The molecule has 3 aromatic rings. The number of aryl methyl sites for hydroxylation is 2. The Bertz CT molecular complexity index is 1060. The number of anilines is 1.